The molecule has 0 amide bonds. The summed E-state index contributed by atoms with van der Waals surface area (Å²) in [6, 6.07) is 6.67. The van der Waals surface area contributed by atoms with Gasteiger partial charge in [0.2, 0.25) is 5.95 Å². The quantitative estimate of drug-likeness (QED) is 0.853. The van der Waals surface area contributed by atoms with Crippen LogP contribution in [0.25, 0.3) is 0 Å². The largest absolute Gasteiger partial charge is 0.371 e. The fourth-order valence-electron chi connectivity index (χ4n) is 3.84. The molecule has 0 aromatic carbocycles. The molecule has 0 bridgehead atoms. The summed E-state index contributed by atoms with van der Waals surface area (Å²) < 4.78 is 6.29. The zero-order chi connectivity index (χ0) is 16.6. The van der Waals surface area contributed by atoms with Crippen LogP contribution in [0.4, 0.5) is 5.95 Å². The minimum Gasteiger partial charge on any atom is -0.371 e. The summed E-state index contributed by atoms with van der Waals surface area (Å²) in [4.78, 5) is 16.3. The van der Waals surface area contributed by atoms with Crippen molar-refractivity contribution in [2.75, 3.05) is 31.6 Å². The molecule has 6 heteroatoms. The van der Waals surface area contributed by atoms with E-state index in [0.717, 1.165) is 45.0 Å². The predicted molar refractivity (Wildman–Crippen MR) is 96.5 cm³/mol. The van der Waals surface area contributed by atoms with E-state index in [-0.39, 0.29) is 5.60 Å². The summed E-state index contributed by atoms with van der Waals surface area (Å²) in [5.74, 6) is 0.784. The molecule has 24 heavy (non-hydrogen) atoms. The first kappa shape index (κ1) is 16.0. The highest BCUT2D eigenvalue weighted by molar-refractivity contribution is 7.11. The molecule has 2 aromatic heterocycles. The average Bonchev–Trinajstić information content (AvgIpc) is 3.30. The Morgan fingerprint density at radius 2 is 2.21 bits per heavy atom. The fourth-order valence-corrected chi connectivity index (χ4v) is 4.78. The van der Waals surface area contributed by atoms with Crippen LogP contribution in [0.3, 0.4) is 0 Å². The smallest absolute Gasteiger partial charge is 0.225 e. The van der Waals surface area contributed by atoms with Gasteiger partial charge in [0.1, 0.15) is 0 Å². The van der Waals surface area contributed by atoms with Crippen LogP contribution in [0.5, 0.6) is 0 Å². The van der Waals surface area contributed by atoms with Gasteiger partial charge in [0.05, 0.1) is 18.2 Å². The van der Waals surface area contributed by atoms with Gasteiger partial charge in [0.25, 0.3) is 0 Å². The van der Waals surface area contributed by atoms with Crippen molar-refractivity contribution in [3.8, 4) is 0 Å². The third-order valence-electron chi connectivity index (χ3n) is 5.18. The van der Waals surface area contributed by atoms with E-state index < -0.39 is 0 Å². The Bertz CT molecular complexity index is 691. The van der Waals surface area contributed by atoms with Crippen LogP contribution in [0, 0.1) is 6.92 Å². The van der Waals surface area contributed by atoms with Gasteiger partial charge < -0.3 is 9.64 Å². The molecule has 0 radical (unpaired) electrons. The Hall–Kier alpha value is -1.50. The maximum absolute atomic E-state index is 6.29. The molecule has 2 saturated heterocycles. The average molecular weight is 344 g/mol. The number of hydrogen-bond donors (Lipinski definition) is 0. The lowest BCUT2D eigenvalue weighted by Crippen LogP contribution is -2.36. The highest BCUT2D eigenvalue weighted by atomic mass is 32.1. The van der Waals surface area contributed by atoms with Gasteiger partial charge in [-0.1, -0.05) is 0 Å². The maximum Gasteiger partial charge on any atom is 0.225 e. The summed E-state index contributed by atoms with van der Waals surface area (Å²) >= 11 is 1.90. The number of rotatable bonds is 4. The van der Waals surface area contributed by atoms with E-state index >= 15 is 0 Å². The molecule has 2 atom stereocenters. The first-order valence-electron chi connectivity index (χ1n) is 8.55. The normalized spacial score (nSPS) is 27.2. The van der Waals surface area contributed by atoms with Crippen LogP contribution in [0.2, 0.25) is 0 Å². The predicted octanol–water partition coefficient (Wildman–Crippen LogP) is 2.72. The van der Waals surface area contributed by atoms with Crippen LogP contribution in [0.15, 0.2) is 30.6 Å². The fraction of sp³-hybridized carbons (Fsp3) is 0.556. The highest BCUT2D eigenvalue weighted by Crippen LogP contribution is 2.38. The standard InChI is InChI=1S/C18H24N4OS/c1-14-4-5-16(24-14)11-22-9-6-18(13-22)10-15(12-23-18)21(2)17-19-7-3-8-20-17/h3-5,7-8,15H,6,9-13H2,1-2H3/t15-,18+/m1/s1. The number of ether oxygens (including phenoxy) is 1. The Balaban J connectivity index is 1.37. The lowest BCUT2D eigenvalue weighted by molar-refractivity contribution is 0.0119. The van der Waals surface area contributed by atoms with Crippen molar-refractivity contribution in [2.24, 2.45) is 0 Å². The highest BCUT2D eigenvalue weighted by Gasteiger charge is 2.46. The van der Waals surface area contributed by atoms with E-state index in [1.807, 2.05) is 17.4 Å². The molecule has 4 rings (SSSR count). The summed E-state index contributed by atoms with van der Waals surface area (Å²) in [6.07, 6.45) is 5.77. The molecular weight excluding hydrogens is 320 g/mol. The van der Waals surface area contributed by atoms with Gasteiger partial charge in [-0.2, -0.15) is 0 Å². The Morgan fingerprint density at radius 1 is 1.38 bits per heavy atom. The molecule has 2 fully saturated rings. The van der Waals surface area contributed by atoms with Crippen LogP contribution in [0.1, 0.15) is 22.6 Å². The minimum absolute atomic E-state index is 0.0139. The number of nitrogens with zero attached hydrogens (tertiary/aromatic N) is 4. The topological polar surface area (TPSA) is 41.5 Å². The zero-order valence-corrected chi connectivity index (χ0v) is 15.1. The molecule has 2 aliphatic heterocycles. The SMILES string of the molecule is Cc1ccc(CN2CC[C@]3(C[C@@H](N(C)c4ncccn4)CO3)C2)s1. The van der Waals surface area contributed by atoms with E-state index in [2.05, 4.69) is 45.9 Å². The molecule has 0 saturated carbocycles. The monoisotopic (exact) mass is 344 g/mol. The van der Waals surface area contributed by atoms with Gasteiger partial charge in [0, 0.05) is 55.3 Å². The van der Waals surface area contributed by atoms with Gasteiger partial charge in [-0.15, -0.1) is 11.3 Å². The van der Waals surface area contributed by atoms with Crippen LogP contribution in [-0.2, 0) is 11.3 Å². The molecular formula is C18H24N4OS. The number of anilines is 1. The Labute approximate surface area is 147 Å². The summed E-state index contributed by atoms with van der Waals surface area (Å²) in [7, 11) is 2.07. The van der Waals surface area contributed by atoms with Crippen molar-refractivity contribution in [1.82, 2.24) is 14.9 Å². The molecule has 4 heterocycles. The second-order valence-electron chi connectivity index (χ2n) is 6.98. The summed E-state index contributed by atoms with van der Waals surface area (Å²) in [5, 5.41) is 0. The second kappa shape index (κ2) is 6.43. The van der Waals surface area contributed by atoms with Crippen molar-refractivity contribution in [2.45, 2.75) is 38.0 Å². The van der Waals surface area contributed by atoms with Crippen LogP contribution >= 0.6 is 11.3 Å². The number of aryl methyl sites for hydroxylation is 1. The van der Waals surface area contributed by atoms with Gasteiger partial charge in [0.15, 0.2) is 0 Å². The molecule has 0 N–H and O–H groups in total. The molecule has 1 spiro atoms. The molecule has 128 valence electrons. The zero-order valence-electron chi connectivity index (χ0n) is 14.3. The van der Waals surface area contributed by atoms with Crippen LogP contribution < -0.4 is 4.90 Å². The third kappa shape index (κ3) is 3.18. The maximum atomic E-state index is 6.29. The summed E-state index contributed by atoms with van der Waals surface area (Å²) in [6.45, 7) is 6.14. The van der Waals surface area contributed by atoms with E-state index in [1.165, 1.54) is 9.75 Å². The van der Waals surface area contributed by atoms with Gasteiger partial charge >= 0.3 is 0 Å². The minimum atomic E-state index is 0.0139. The first-order chi connectivity index (χ1) is 11.6. The second-order valence-corrected chi connectivity index (χ2v) is 8.36. The van der Waals surface area contributed by atoms with Crippen molar-refractivity contribution in [1.29, 1.82) is 0 Å². The van der Waals surface area contributed by atoms with E-state index in [0.29, 0.717) is 6.04 Å². The van der Waals surface area contributed by atoms with E-state index in [1.54, 1.807) is 12.4 Å². The summed E-state index contributed by atoms with van der Waals surface area (Å²) in [5.41, 5.74) is 0.0139. The van der Waals surface area contributed by atoms with E-state index in [4.69, 9.17) is 4.74 Å². The molecule has 2 aromatic rings. The van der Waals surface area contributed by atoms with E-state index in [9.17, 15) is 0 Å². The Kier molecular flexibility index (Phi) is 4.28. The van der Waals surface area contributed by atoms with Crippen LogP contribution in [-0.4, -0.2) is 53.3 Å². The van der Waals surface area contributed by atoms with Crippen molar-refractivity contribution in [3.05, 3.63) is 40.3 Å². The number of thiophene rings is 1. The van der Waals surface area contributed by atoms with Crippen molar-refractivity contribution < 1.29 is 4.74 Å². The molecule has 5 nitrogen and oxygen atoms in total. The third-order valence-corrected chi connectivity index (χ3v) is 6.16. The van der Waals surface area contributed by atoms with Gasteiger partial charge in [-0.05, 0) is 31.5 Å². The Morgan fingerprint density at radius 3 is 2.96 bits per heavy atom. The molecule has 2 aliphatic rings. The van der Waals surface area contributed by atoms with Gasteiger partial charge in [-0.3, -0.25) is 4.90 Å². The molecule has 0 unspecified atom stereocenters. The number of likely N-dealkylation sites (N-methyl/N-ethyl adjacent to an activating group) is 1. The van der Waals surface area contributed by atoms with Crippen molar-refractivity contribution in [3.63, 3.8) is 0 Å². The number of hydrogen-bond acceptors (Lipinski definition) is 6. The molecule has 0 aliphatic carbocycles. The number of likely N-dealkylation sites (tertiary alicyclic amines) is 1. The van der Waals surface area contributed by atoms with Crippen molar-refractivity contribution >= 4 is 17.3 Å². The lowest BCUT2D eigenvalue weighted by atomic mass is 9.97. The van der Waals surface area contributed by atoms with Gasteiger partial charge in [-0.25, -0.2) is 9.97 Å². The number of aromatic nitrogens is 2. The lowest BCUT2D eigenvalue weighted by Gasteiger charge is -2.26. The first-order valence-corrected chi connectivity index (χ1v) is 9.37.